The molecule has 0 aliphatic heterocycles. The van der Waals surface area contributed by atoms with E-state index >= 15 is 0 Å². The molecule has 16 heavy (non-hydrogen) atoms. The molecule has 0 aliphatic carbocycles. The van der Waals surface area contributed by atoms with Gasteiger partial charge in [0.25, 0.3) is 0 Å². The van der Waals surface area contributed by atoms with Crippen molar-refractivity contribution in [1.82, 2.24) is 0 Å². The summed E-state index contributed by atoms with van der Waals surface area (Å²) in [6.07, 6.45) is -0.155. The molecule has 0 radical (unpaired) electrons. The molecular weight excluding hydrogens is 208 g/mol. The number of nitrogens with one attached hydrogen (secondary N) is 1. The van der Waals surface area contributed by atoms with Gasteiger partial charge < -0.3 is 15.8 Å². The van der Waals surface area contributed by atoms with Gasteiger partial charge in [0.1, 0.15) is 11.5 Å². The summed E-state index contributed by atoms with van der Waals surface area (Å²) < 4.78 is 5.05. The number of methoxy groups -OCH3 is 1. The second kappa shape index (κ2) is 5.16. The Kier molecular flexibility index (Phi) is 3.88. The number of carbonyl (C=O) groups is 2. The Morgan fingerprint density at radius 3 is 2.69 bits per heavy atom. The predicted molar refractivity (Wildman–Crippen MR) is 61.3 cm³/mol. The summed E-state index contributed by atoms with van der Waals surface area (Å²) in [6.45, 7) is 1.36. The highest BCUT2D eigenvalue weighted by molar-refractivity contribution is 6.04. The summed E-state index contributed by atoms with van der Waals surface area (Å²) in [5, 5.41) is 2.57. The highest BCUT2D eigenvalue weighted by Crippen LogP contribution is 2.26. The van der Waals surface area contributed by atoms with Crippen LogP contribution in [0.1, 0.15) is 13.3 Å². The summed E-state index contributed by atoms with van der Waals surface area (Å²) in [4.78, 5) is 22.1. The van der Waals surface area contributed by atoms with Crippen LogP contribution in [0.5, 0.6) is 5.75 Å². The second-order valence-electron chi connectivity index (χ2n) is 3.39. The van der Waals surface area contributed by atoms with Crippen LogP contribution in [0.25, 0.3) is 0 Å². The number of carbonyl (C=O) groups excluding carboxylic acids is 2. The number of hydrogen-bond acceptors (Lipinski definition) is 4. The van der Waals surface area contributed by atoms with Gasteiger partial charge in [0.2, 0.25) is 5.91 Å². The number of amides is 1. The number of Topliss-reactive ketones (excluding diaryl/α,β-unsaturated/α-hetero) is 1. The smallest absolute Gasteiger partial charge is 0.231 e. The molecule has 0 unspecified atom stereocenters. The van der Waals surface area contributed by atoms with E-state index in [0.717, 1.165) is 0 Å². The monoisotopic (exact) mass is 222 g/mol. The first-order chi connectivity index (χ1) is 7.52. The van der Waals surface area contributed by atoms with Gasteiger partial charge in [-0.3, -0.25) is 9.59 Å². The second-order valence-corrected chi connectivity index (χ2v) is 3.39. The number of nitrogens with two attached hydrogens (primary N) is 1. The lowest BCUT2D eigenvalue weighted by molar-refractivity contribution is -0.124. The number of ketones is 1. The molecule has 1 aromatic rings. The average molecular weight is 222 g/mol. The molecule has 86 valence electrons. The zero-order chi connectivity index (χ0) is 12.1. The molecule has 1 aromatic carbocycles. The number of ether oxygens (including phenoxy) is 1. The van der Waals surface area contributed by atoms with Crippen LogP contribution < -0.4 is 15.8 Å². The maximum Gasteiger partial charge on any atom is 0.231 e. The van der Waals surface area contributed by atoms with Crippen molar-refractivity contribution in [3.05, 3.63) is 18.2 Å². The van der Waals surface area contributed by atoms with E-state index in [0.29, 0.717) is 17.1 Å². The normalized spacial score (nSPS) is 9.62. The molecular formula is C11H14N2O3. The van der Waals surface area contributed by atoms with Crippen LogP contribution in [0.4, 0.5) is 11.4 Å². The molecule has 0 atom stereocenters. The molecule has 0 aliphatic rings. The molecule has 3 N–H and O–H groups in total. The summed E-state index contributed by atoms with van der Waals surface area (Å²) in [7, 11) is 1.49. The Morgan fingerprint density at radius 2 is 2.12 bits per heavy atom. The molecule has 0 saturated heterocycles. The molecule has 5 heteroatoms. The highest BCUT2D eigenvalue weighted by atomic mass is 16.5. The first-order valence-electron chi connectivity index (χ1n) is 4.75. The Hall–Kier alpha value is -2.04. The van der Waals surface area contributed by atoms with Gasteiger partial charge in [0.15, 0.2) is 0 Å². The maximum absolute atomic E-state index is 11.4. The summed E-state index contributed by atoms with van der Waals surface area (Å²) in [5.41, 5.74) is 6.56. The molecule has 0 bridgehead atoms. The topological polar surface area (TPSA) is 81.4 Å². The lowest BCUT2D eigenvalue weighted by atomic mass is 10.2. The van der Waals surface area contributed by atoms with Gasteiger partial charge in [-0.1, -0.05) is 0 Å². The minimum absolute atomic E-state index is 0.155. The van der Waals surface area contributed by atoms with E-state index in [1.165, 1.54) is 14.0 Å². The number of hydrogen-bond donors (Lipinski definition) is 2. The third-order valence-electron chi connectivity index (χ3n) is 1.91. The highest BCUT2D eigenvalue weighted by Gasteiger charge is 2.09. The fraction of sp³-hybridized carbons (Fsp3) is 0.273. The number of benzene rings is 1. The Morgan fingerprint density at radius 1 is 1.44 bits per heavy atom. The van der Waals surface area contributed by atoms with Gasteiger partial charge >= 0.3 is 0 Å². The zero-order valence-electron chi connectivity index (χ0n) is 9.24. The van der Waals surface area contributed by atoms with E-state index in [-0.39, 0.29) is 18.1 Å². The minimum Gasteiger partial charge on any atom is -0.495 e. The van der Waals surface area contributed by atoms with E-state index in [2.05, 4.69) is 5.32 Å². The summed E-state index contributed by atoms with van der Waals surface area (Å²) in [6, 6.07) is 4.90. The SMILES string of the molecule is COc1ccc(N)cc1NC(=O)CC(C)=O. The fourth-order valence-electron chi connectivity index (χ4n) is 1.24. The van der Waals surface area contributed by atoms with Gasteiger partial charge in [-0.2, -0.15) is 0 Å². The third kappa shape index (κ3) is 3.27. The molecule has 1 rings (SSSR count). The van der Waals surface area contributed by atoms with E-state index in [1.54, 1.807) is 18.2 Å². The van der Waals surface area contributed by atoms with Gasteiger partial charge in [0, 0.05) is 5.69 Å². The maximum atomic E-state index is 11.4. The molecule has 0 heterocycles. The minimum atomic E-state index is -0.378. The largest absolute Gasteiger partial charge is 0.495 e. The standard InChI is InChI=1S/C11H14N2O3/c1-7(14)5-11(15)13-9-6-8(12)3-4-10(9)16-2/h3-4,6H,5,12H2,1-2H3,(H,13,15). The van der Waals surface area contributed by atoms with Crippen molar-refractivity contribution in [2.75, 3.05) is 18.2 Å². The fourth-order valence-corrected chi connectivity index (χ4v) is 1.24. The van der Waals surface area contributed by atoms with Gasteiger partial charge in [-0.25, -0.2) is 0 Å². The van der Waals surface area contributed by atoms with E-state index in [9.17, 15) is 9.59 Å². The first-order valence-corrected chi connectivity index (χ1v) is 4.75. The number of anilines is 2. The Labute approximate surface area is 93.6 Å². The lowest BCUT2D eigenvalue weighted by Crippen LogP contribution is -2.15. The van der Waals surface area contributed by atoms with Crippen molar-refractivity contribution in [1.29, 1.82) is 0 Å². The zero-order valence-corrected chi connectivity index (χ0v) is 9.24. The molecule has 1 amide bonds. The summed E-state index contributed by atoms with van der Waals surface area (Å²) >= 11 is 0. The third-order valence-corrected chi connectivity index (χ3v) is 1.91. The van der Waals surface area contributed by atoms with Crippen molar-refractivity contribution >= 4 is 23.1 Å². The van der Waals surface area contributed by atoms with E-state index in [4.69, 9.17) is 10.5 Å². The van der Waals surface area contributed by atoms with Crippen LogP contribution in [0.2, 0.25) is 0 Å². The first kappa shape index (κ1) is 12.0. The molecule has 5 nitrogen and oxygen atoms in total. The molecule has 0 saturated carbocycles. The lowest BCUT2D eigenvalue weighted by Gasteiger charge is -2.10. The van der Waals surface area contributed by atoms with Crippen molar-refractivity contribution in [3.63, 3.8) is 0 Å². The quantitative estimate of drug-likeness (QED) is 0.592. The molecule has 0 aromatic heterocycles. The Balaban J connectivity index is 2.83. The van der Waals surface area contributed by atoms with Crippen LogP contribution in [0, 0.1) is 0 Å². The van der Waals surface area contributed by atoms with Crippen molar-refractivity contribution < 1.29 is 14.3 Å². The van der Waals surface area contributed by atoms with Crippen molar-refractivity contribution in [2.45, 2.75) is 13.3 Å². The Bertz CT molecular complexity index is 416. The van der Waals surface area contributed by atoms with Crippen LogP contribution in [-0.2, 0) is 9.59 Å². The van der Waals surface area contributed by atoms with Crippen LogP contribution >= 0.6 is 0 Å². The van der Waals surface area contributed by atoms with Gasteiger partial charge in [-0.05, 0) is 25.1 Å². The van der Waals surface area contributed by atoms with E-state index < -0.39 is 0 Å². The average Bonchev–Trinajstić information content (AvgIpc) is 2.16. The van der Waals surface area contributed by atoms with Gasteiger partial charge in [-0.15, -0.1) is 0 Å². The van der Waals surface area contributed by atoms with Crippen LogP contribution in [0.3, 0.4) is 0 Å². The van der Waals surface area contributed by atoms with Crippen LogP contribution in [0.15, 0.2) is 18.2 Å². The molecule has 0 fully saturated rings. The number of rotatable bonds is 4. The van der Waals surface area contributed by atoms with E-state index in [1.807, 2.05) is 0 Å². The molecule has 0 spiro atoms. The predicted octanol–water partition coefficient (Wildman–Crippen LogP) is 1.19. The van der Waals surface area contributed by atoms with Crippen molar-refractivity contribution in [3.8, 4) is 5.75 Å². The summed E-state index contributed by atoms with van der Waals surface area (Å²) in [5.74, 6) is -0.0668. The van der Waals surface area contributed by atoms with Crippen molar-refractivity contribution in [2.24, 2.45) is 0 Å². The van der Waals surface area contributed by atoms with Gasteiger partial charge in [0.05, 0.1) is 19.2 Å². The number of nitrogen functional groups attached to an aromatic ring is 1. The van der Waals surface area contributed by atoms with Crippen LogP contribution in [-0.4, -0.2) is 18.8 Å².